The average molecular weight is 342 g/mol. The topological polar surface area (TPSA) is 75.1 Å². The van der Waals surface area contributed by atoms with Crippen molar-refractivity contribution in [3.63, 3.8) is 0 Å². The maximum absolute atomic E-state index is 12.5. The van der Waals surface area contributed by atoms with Gasteiger partial charge in [-0.2, -0.15) is 13.2 Å². The van der Waals surface area contributed by atoms with Gasteiger partial charge in [0.25, 0.3) is 0 Å². The third-order valence-corrected chi connectivity index (χ3v) is 3.02. The zero-order valence-corrected chi connectivity index (χ0v) is 12.0. The zero-order chi connectivity index (χ0) is 17.0. The van der Waals surface area contributed by atoms with Crippen molar-refractivity contribution in [2.24, 2.45) is 5.11 Å². The van der Waals surface area contributed by atoms with E-state index in [9.17, 15) is 18.0 Å². The van der Waals surface area contributed by atoms with E-state index in [1.165, 1.54) is 24.3 Å². The maximum Gasteiger partial charge on any atom is 0.416 e. The molecule has 0 saturated carbocycles. The Bertz CT molecular complexity index is 785. The van der Waals surface area contributed by atoms with Crippen LogP contribution in [0, 0.1) is 0 Å². The Hall–Kier alpha value is -2.70. The van der Waals surface area contributed by atoms with E-state index in [0.717, 1.165) is 18.2 Å². The van der Waals surface area contributed by atoms with Crippen LogP contribution >= 0.6 is 11.6 Å². The molecule has 1 amide bonds. The summed E-state index contributed by atoms with van der Waals surface area (Å²) in [4.78, 5) is 13.7. The van der Waals surface area contributed by atoms with E-state index >= 15 is 0 Å². The molecule has 0 aliphatic carbocycles. The molecule has 0 aromatic heterocycles. The molecule has 9 heteroatoms. The molecule has 23 heavy (non-hydrogen) atoms. The molecule has 2 aromatic rings. The number of carbonyl (C=O) groups excluding carboxylic acids is 1. The van der Waals surface area contributed by atoms with Gasteiger partial charge in [0.05, 0.1) is 10.6 Å². The van der Waals surface area contributed by atoms with E-state index in [2.05, 4.69) is 10.0 Å². The summed E-state index contributed by atoms with van der Waals surface area (Å²) in [5.41, 5.74) is 7.44. The molecule has 0 spiro atoms. The molecule has 0 bridgehead atoms. The van der Waals surface area contributed by atoms with Gasteiger partial charge in [-0.15, -0.1) is 0 Å². The number of amides is 1. The molecule has 0 aliphatic rings. The fourth-order valence-electron chi connectivity index (χ4n) is 1.65. The molecular weight excluding hydrogens is 335 g/mol. The minimum atomic E-state index is -4.49. The standard InChI is InChI=1S/C14H7ClF3N3O2/c15-11-7-9(14(16,17)18)3-6-12(11)23-10-4-1-8(2-5-10)13(22)20-21-19/h1-7H. The molecule has 0 unspecified atom stereocenters. The first-order valence-electron chi connectivity index (χ1n) is 6.05. The van der Waals surface area contributed by atoms with Gasteiger partial charge in [0, 0.05) is 10.5 Å². The Labute approximate surface area is 132 Å². The molecule has 0 heterocycles. The van der Waals surface area contributed by atoms with Crippen LogP contribution in [0.2, 0.25) is 5.02 Å². The summed E-state index contributed by atoms with van der Waals surface area (Å²) >= 11 is 5.77. The lowest BCUT2D eigenvalue weighted by molar-refractivity contribution is -0.137. The maximum atomic E-state index is 12.5. The Morgan fingerprint density at radius 3 is 2.35 bits per heavy atom. The summed E-state index contributed by atoms with van der Waals surface area (Å²) in [5, 5.41) is 2.73. The van der Waals surface area contributed by atoms with Gasteiger partial charge in [0.1, 0.15) is 11.5 Å². The van der Waals surface area contributed by atoms with E-state index in [0.29, 0.717) is 0 Å². The molecule has 2 rings (SSSR count). The number of azide groups is 1. The lowest BCUT2D eigenvalue weighted by Gasteiger charge is -2.11. The van der Waals surface area contributed by atoms with Crippen molar-refractivity contribution in [2.45, 2.75) is 6.18 Å². The Morgan fingerprint density at radius 1 is 1.17 bits per heavy atom. The average Bonchev–Trinajstić information content (AvgIpc) is 2.49. The number of nitrogens with zero attached hydrogens (tertiary/aromatic N) is 3. The lowest BCUT2D eigenvalue weighted by Crippen LogP contribution is -2.04. The molecule has 0 N–H and O–H groups in total. The Morgan fingerprint density at radius 2 is 1.83 bits per heavy atom. The third-order valence-electron chi connectivity index (χ3n) is 2.72. The SMILES string of the molecule is [N-]=[N+]=NC(=O)c1ccc(Oc2ccc(C(F)(F)F)cc2Cl)cc1. The number of benzene rings is 2. The van der Waals surface area contributed by atoms with Crippen LogP contribution in [-0.4, -0.2) is 5.91 Å². The first-order chi connectivity index (χ1) is 10.8. The zero-order valence-electron chi connectivity index (χ0n) is 11.2. The van der Waals surface area contributed by atoms with Crippen LogP contribution in [0.5, 0.6) is 11.5 Å². The van der Waals surface area contributed by atoms with Crippen LogP contribution < -0.4 is 4.74 Å². The number of hydrogen-bond acceptors (Lipinski definition) is 2. The molecule has 118 valence electrons. The van der Waals surface area contributed by atoms with Crippen LogP contribution in [0.3, 0.4) is 0 Å². The van der Waals surface area contributed by atoms with Crippen LogP contribution in [-0.2, 0) is 6.18 Å². The van der Waals surface area contributed by atoms with Gasteiger partial charge in [-0.3, -0.25) is 4.79 Å². The van der Waals surface area contributed by atoms with Crippen molar-refractivity contribution in [3.05, 3.63) is 69.1 Å². The fraction of sp³-hybridized carbons (Fsp3) is 0.0714. The number of halogens is 4. The second-order valence-corrected chi connectivity index (χ2v) is 4.67. The predicted molar refractivity (Wildman–Crippen MR) is 76.4 cm³/mol. The minimum absolute atomic E-state index is 0.0359. The summed E-state index contributed by atoms with van der Waals surface area (Å²) < 4.78 is 43.0. The summed E-state index contributed by atoms with van der Waals surface area (Å²) in [6, 6.07) is 8.21. The number of alkyl halides is 3. The highest BCUT2D eigenvalue weighted by Gasteiger charge is 2.31. The van der Waals surface area contributed by atoms with Crippen LogP contribution in [0.15, 0.2) is 47.6 Å². The molecule has 0 atom stereocenters. The van der Waals surface area contributed by atoms with Crippen molar-refractivity contribution in [1.82, 2.24) is 0 Å². The van der Waals surface area contributed by atoms with Gasteiger partial charge in [0.15, 0.2) is 0 Å². The highest BCUT2D eigenvalue weighted by Crippen LogP contribution is 2.36. The van der Waals surface area contributed by atoms with Gasteiger partial charge in [-0.05, 0) is 53.1 Å². The largest absolute Gasteiger partial charge is 0.456 e. The van der Waals surface area contributed by atoms with Crippen molar-refractivity contribution >= 4 is 17.5 Å². The van der Waals surface area contributed by atoms with Gasteiger partial charge < -0.3 is 4.74 Å². The normalized spacial score (nSPS) is 10.8. The fourth-order valence-corrected chi connectivity index (χ4v) is 1.87. The van der Waals surface area contributed by atoms with Crippen LogP contribution in [0.25, 0.3) is 10.4 Å². The van der Waals surface area contributed by atoms with Crippen molar-refractivity contribution in [3.8, 4) is 11.5 Å². The Kier molecular flexibility index (Phi) is 4.78. The predicted octanol–water partition coefficient (Wildman–Crippen LogP) is 5.60. The molecule has 0 fully saturated rings. The van der Waals surface area contributed by atoms with Crippen molar-refractivity contribution in [2.75, 3.05) is 0 Å². The second kappa shape index (κ2) is 6.60. The molecule has 5 nitrogen and oxygen atoms in total. The third kappa shape index (κ3) is 4.15. The summed E-state index contributed by atoms with van der Waals surface area (Å²) in [6.45, 7) is 0. The highest BCUT2D eigenvalue weighted by molar-refractivity contribution is 6.32. The quantitative estimate of drug-likeness (QED) is 0.414. The number of rotatable bonds is 3. The van der Waals surface area contributed by atoms with Crippen molar-refractivity contribution in [1.29, 1.82) is 0 Å². The monoisotopic (exact) mass is 341 g/mol. The number of ether oxygens (including phenoxy) is 1. The van der Waals surface area contributed by atoms with Crippen LogP contribution in [0.4, 0.5) is 13.2 Å². The van der Waals surface area contributed by atoms with E-state index < -0.39 is 17.6 Å². The smallest absolute Gasteiger partial charge is 0.416 e. The van der Waals surface area contributed by atoms with E-state index in [4.69, 9.17) is 21.9 Å². The molecule has 2 aromatic carbocycles. The van der Waals surface area contributed by atoms with Crippen LogP contribution in [0.1, 0.15) is 15.9 Å². The first-order valence-corrected chi connectivity index (χ1v) is 6.43. The molecule has 0 radical (unpaired) electrons. The van der Waals surface area contributed by atoms with Gasteiger partial charge in [0.2, 0.25) is 5.91 Å². The summed E-state index contributed by atoms with van der Waals surface area (Å²) in [5.74, 6) is -0.468. The Balaban J connectivity index is 2.19. The molecule has 0 aliphatic heterocycles. The van der Waals surface area contributed by atoms with E-state index in [1.807, 2.05) is 0 Å². The van der Waals surface area contributed by atoms with Crippen molar-refractivity contribution < 1.29 is 22.7 Å². The van der Waals surface area contributed by atoms with E-state index in [1.54, 1.807) is 0 Å². The van der Waals surface area contributed by atoms with Gasteiger partial charge in [-0.25, -0.2) is 0 Å². The highest BCUT2D eigenvalue weighted by atomic mass is 35.5. The number of hydrogen-bond donors (Lipinski definition) is 0. The van der Waals surface area contributed by atoms with Gasteiger partial charge >= 0.3 is 6.18 Å². The summed E-state index contributed by atoms with van der Waals surface area (Å²) in [6.07, 6.45) is -4.49. The number of carbonyl (C=O) groups is 1. The van der Waals surface area contributed by atoms with E-state index in [-0.39, 0.29) is 22.1 Å². The molecule has 0 saturated heterocycles. The first kappa shape index (κ1) is 16.7. The lowest BCUT2D eigenvalue weighted by atomic mass is 10.2. The summed E-state index contributed by atoms with van der Waals surface area (Å²) in [7, 11) is 0. The minimum Gasteiger partial charge on any atom is -0.456 e. The van der Waals surface area contributed by atoms with Gasteiger partial charge in [-0.1, -0.05) is 11.6 Å². The second-order valence-electron chi connectivity index (χ2n) is 4.26. The molecular formula is C14H7ClF3N3O2.